The van der Waals surface area contributed by atoms with Crippen LogP contribution in [0.3, 0.4) is 0 Å². The monoisotopic (exact) mass is 375 g/mol. The summed E-state index contributed by atoms with van der Waals surface area (Å²) in [5, 5.41) is 2.88. The fourth-order valence-corrected chi connectivity index (χ4v) is 2.00. The summed E-state index contributed by atoms with van der Waals surface area (Å²) in [5.74, 6) is -0.253. The average molecular weight is 375 g/mol. The fraction of sp³-hybridized carbons (Fsp3) is 0.154. The summed E-state index contributed by atoms with van der Waals surface area (Å²) in [7, 11) is 1.28. The predicted molar refractivity (Wildman–Crippen MR) is 76.5 cm³/mol. The summed E-state index contributed by atoms with van der Waals surface area (Å²) < 4.78 is 24.3. The molecule has 0 spiro atoms. The molecule has 6 heteroatoms. The number of halogens is 2. The number of esters is 1. The summed E-state index contributed by atoms with van der Waals surface area (Å²) in [6.07, 6.45) is 0. The zero-order valence-electron chi connectivity index (χ0n) is 10.1. The Morgan fingerprint density at radius 3 is 2.84 bits per heavy atom. The molecule has 0 aliphatic carbocycles. The van der Waals surface area contributed by atoms with Crippen LogP contribution in [0.25, 0.3) is 0 Å². The summed E-state index contributed by atoms with van der Waals surface area (Å²) in [6.45, 7) is 0.338. The van der Waals surface area contributed by atoms with Crippen molar-refractivity contribution in [1.82, 2.24) is 0 Å². The second kappa shape index (κ2) is 6.05. The van der Waals surface area contributed by atoms with Crippen LogP contribution in [-0.2, 0) is 11.3 Å². The van der Waals surface area contributed by atoms with Gasteiger partial charge in [0.2, 0.25) is 0 Å². The minimum atomic E-state index is -0.504. The molecule has 4 nitrogen and oxygen atoms in total. The average Bonchev–Trinajstić information content (AvgIpc) is 2.82. The van der Waals surface area contributed by atoms with Gasteiger partial charge in [0.05, 0.1) is 24.9 Å². The molecule has 1 heterocycles. The third-order valence-electron chi connectivity index (χ3n) is 2.47. The van der Waals surface area contributed by atoms with E-state index < -0.39 is 11.8 Å². The van der Waals surface area contributed by atoms with Gasteiger partial charge in [-0.15, -0.1) is 0 Å². The lowest BCUT2D eigenvalue weighted by Crippen LogP contribution is -2.05. The van der Waals surface area contributed by atoms with E-state index in [4.69, 9.17) is 4.42 Å². The lowest BCUT2D eigenvalue weighted by Gasteiger charge is -2.07. The molecule has 0 saturated carbocycles. The van der Waals surface area contributed by atoms with Crippen LogP contribution < -0.4 is 5.32 Å². The molecule has 0 fully saturated rings. The van der Waals surface area contributed by atoms with E-state index in [0.29, 0.717) is 17.9 Å². The highest BCUT2D eigenvalue weighted by Gasteiger charge is 2.10. The van der Waals surface area contributed by atoms with Gasteiger partial charge in [-0.2, -0.15) is 0 Å². The van der Waals surface area contributed by atoms with Gasteiger partial charge < -0.3 is 14.5 Å². The molecule has 1 aromatic heterocycles. The molecule has 0 aliphatic heterocycles. The number of hydrogen-bond donors (Lipinski definition) is 1. The quantitative estimate of drug-likeness (QED) is 0.657. The first kappa shape index (κ1) is 13.9. The highest BCUT2D eigenvalue weighted by molar-refractivity contribution is 14.1. The third-order valence-corrected chi connectivity index (χ3v) is 3.05. The maximum Gasteiger partial charge on any atom is 0.337 e. The summed E-state index contributed by atoms with van der Waals surface area (Å²) >= 11 is 2.05. The molecule has 2 rings (SSSR count). The number of furan rings is 1. The van der Waals surface area contributed by atoms with Gasteiger partial charge in [-0.1, -0.05) is 0 Å². The van der Waals surface area contributed by atoms with Gasteiger partial charge in [-0.05, 0) is 52.9 Å². The van der Waals surface area contributed by atoms with Crippen LogP contribution in [0.2, 0.25) is 0 Å². The third kappa shape index (κ3) is 3.46. The summed E-state index contributed by atoms with van der Waals surface area (Å²) in [4.78, 5) is 11.4. The zero-order chi connectivity index (χ0) is 13.8. The van der Waals surface area contributed by atoms with E-state index in [1.54, 1.807) is 6.07 Å². The number of rotatable bonds is 4. The molecule has 0 unspecified atom stereocenters. The molecule has 1 aromatic carbocycles. The maximum absolute atomic E-state index is 13.6. The molecule has 0 bridgehead atoms. The van der Waals surface area contributed by atoms with Crippen molar-refractivity contribution in [2.75, 3.05) is 12.4 Å². The molecule has 0 radical (unpaired) electrons. The SMILES string of the molecule is COC(=O)c1ccc(F)c(NCc2ccc(I)o2)c1. The van der Waals surface area contributed by atoms with E-state index in [-0.39, 0.29) is 5.69 Å². The largest absolute Gasteiger partial charge is 0.465 e. The summed E-state index contributed by atoms with van der Waals surface area (Å²) in [6, 6.07) is 7.63. The Hall–Kier alpha value is -1.57. The predicted octanol–water partition coefficient (Wildman–Crippen LogP) is 3.42. The number of nitrogens with one attached hydrogen (secondary N) is 1. The molecular weight excluding hydrogens is 364 g/mol. The van der Waals surface area contributed by atoms with Gasteiger partial charge >= 0.3 is 5.97 Å². The first-order valence-electron chi connectivity index (χ1n) is 5.46. The van der Waals surface area contributed by atoms with E-state index in [1.165, 1.54) is 25.3 Å². The van der Waals surface area contributed by atoms with Crippen molar-refractivity contribution in [3.63, 3.8) is 0 Å². The number of hydrogen-bond acceptors (Lipinski definition) is 4. The van der Waals surface area contributed by atoms with Crippen LogP contribution in [0, 0.1) is 9.58 Å². The van der Waals surface area contributed by atoms with Crippen LogP contribution in [0.4, 0.5) is 10.1 Å². The van der Waals surface area contributed by atoms with Crippen molar-refractivity contribution in [2.24, 2.45) is 0 Å². The van der Waals surface area contributed by atoms with Gasteiger partial charge in [-0.3, -0.25) is 0 Å². The van der Waals surface area contributed by atoms with Crippen molar-refractivity contribution in [3.05, 3.63) is 51.2 Å². The Morgan fingerprint density at radius 1 is 1.42 bits per heavy atom. The first-order valence-corrected chi connectivity index (χ1v) is 6.54. The van der Waals surface area contributed by atoms with E-state index in [0.717, 1.165) is 3.77 Å². The molecule has 0 saturated heterocycles. The lowest BCUT2D eigenvalue weighted by atomic mass is 10.2. The second-order valence-electron chi connectivity index (χ2n) is 3.75. The molecule has 100 valence electrons. The normalized spacial score (nSPS) is 10.3. The van der Waals surface area contributed by atoms with Gasteiger partial charge in [0.25, 0.3) is 0 Å². The number of carbonyl (C=O) groups excluding carboxylic acids is 1. The molecular formula is C13H11FINO3. The van der Waals surface area contributed by atoms with Crippen LogP contribution in [0.5, 0.6) is 0 Å². The molecule has 1 N–H and O–H groups in total. The van der Waals surface area contributed by atoms with E-state index >= 15 is 0 Å². The number of benzene rings is 1. The van der Waals surface area contributed by atoms with Crippen molar-refractivity contribution in [3.8, 4) is 0 Å². The topological polar surface area (TPSA) is 51.5 Å². The first-order chi connectivity index (χ1) is 9.10. The number of ether oxygens (including phenoxy) is 1. The van der Waals surface area contributed by atoms with Crippen molar-refractivity contribution in [2.45, 2.75) is 6.54 Å². The Morgan fingerprint density at radius 2 is 2.21 bits per heavy atom. The fourth-order valence-electron chi connectivity index (χ4n) is 1.53. The van der Waals surface area contributed by atoms with E-state index in [2.05, 4.69) is 32.6 Å². The Bertz CT molecular complexity index is 597. The Labute approximate surface area is 123 Å². The van der Waals surface area contributed by atoms with Crippen molar-refractivity contribution in [1.29, 1.82) is 0 Å². The molecule has 19 heavy (non-hydrogen) atoms. The standard InChI is InChI=1S/C13H11FINO3/c1-18-13(17)8-2-4-10(14)11(6-8)16-7-9-3-5-12(15)19-9/h2-6,16H,7H2,1H3. The summed E-state index contributed by atoms with van der Waals surface area (Å²) in [5.41, 5.74) is 0.523. The highest BCUT2D eigenvalue weighted by Crippen LogP contribution is 2.18. The van der Waals surface area contributed by atoms with E-state index in [1.807, 2.05) is 6.07 Å². The van der Waals surface area contributed by atoms with Crippen molar-refractivity contribution >= 4 is 34.2 Å². The molecule has 0 amide bonds. The van der Waals surface area contributed by atoms with Gasteiger partial charge in [0.1, 0.15) is 11.6 Å². The van der Waals surface area contributed by atoms with Crippen LogP contribution in [0.1, 0.15) is 16.1 Å². The van der Waals surface area contributed by atoms with Gasteiger partial charge in [0, 0.05) is 0 Å². The minimum Gasteiger partial charge on any atom is -0.465 e. The van der Waals surface area contributed by atoms with Gasteiger partial charge in [0.15, 0.2) is 3.77 Å². The molecule has 2 aromatic rings. The maximum atomic E-state index is 13.6. The Kier molecular flexibility index (Phi) is 4.41. The molecule has 0 aliphatic rings. The number of anilines is 1. The second-order valence-corrected chi connectivity index (χ2v) is 4.81. The van der Waals surface area contributed by atoms with Gasteiger partial charge in [-0.25, -0.2) is 9.18 Å². The minimum absolute atomic E-state index is 0.231. The van der Waals surface area contributed by atoms with Crippen LogP contribution in [-0.4, -0.2) is 13.1 Å². The van der Waals surface area contributed by atoms with E-state index in [9.17, 15) is 9.18 Å². The van der Waals surface area contributed by atoms with Crippen LogP contribution in [0.15, 0.2) is 34.7 Å². The zero-order valence-corrected chi connectivity index (χ0v) is 12.2. The van der Waals surface area contributed by atoms with Crippen LogP contribution >= 0.6 is 22.6 Å². The smallest absolute Gasteiger partial charge is 0.337 e. The number of carbonyl (C=O) groups is 1. The number of methoxy groups -OCH3 is 1. The Balaban J connectivity index is 2.12. The highest BCUT2D eigenvalue weighted by atomic mass is 127. The lowest BCUT2D eigenvalue weighted by molar-refractivity contribution is 0.0600. The van der Waals surface area contributed by atoms with Crippen molar-refractivity contribution < 1.29 is 18.3 Å². The molecule has 0 atom stereocenters.